The van der Waals surface area contributed by atoms with Gasteiger partial charge in [0.15, 0.2) is 5.69 Å². The largest absolute Gasteiger partial charge is 0.458 e. The first kappa shape index (κ1) is 21.7. The third kappa shape index (κ3) is 4.44. The lowest BCUT2D eigenvalue weighted by Gasteiger charge is -2.35. The van der Waals surface area contributed by atoms with Crippen LogP contribution in [0.5, 0.6) is 0 Å². The number of carbonyl (C=O) groups is 1. The van der Waals surface area contributed by atoms with Crippen molar-refractivity contribution >= 4 is 27.8 Å². The Morgan fingerprint density at radius 2 is 1.97 bits per heavy atom. The van der Waals surface area contributed by atoms with E-state index in [-0.39, 0.29) is 24.9 Å². The molecule has 0 bridgehead atoms. The van der Waals surface area contributed by atoms with Crippen molar-refractivity contribution in [2.75, 3.05) is 20.2 Å². The van der Waals surface area contributed by atoms with Gasteiger partial charge in [0.1, 0.15) is 0 Å². The molecule has 31 heavy (non-hydrogen) atoms. The molecule has 3 heterocycles. The van der Waals surface area contributed by atoms with E-state index < -0.39 is 5.97 Å². The number of aromatic nitrogens is 2. The summed E-state index contributed by atoms with van der Waals surface area (Å²) in [5, 5.41) is 2.09. The number of pyridine rings is 1. The standard InChI is InChI=1S/C24H31N3O4/c1-14(2)30-24(28)23-18(13-29-5)22-20(9-25-23)26-19-8-6-7-17(21(19)22)12-27-10-15(3)31-16(4)11-27/h6-9,14-16,26H,10-13H2,1-5H3. The Kier molecular flexibility index (Phi) is 6.27. The van der Waals surface area contributed by atoms with E-state index in [1.165, 1.54) is 5.56 Å². The van der Waals surface area contributed by atoms with E-state index in [4.69, 9.17) is 14.2 Å². The molecule has 1 aliphatic heterocycles. The van der Waals surface area contributed by atoms with Crippen molar-refractivity contribution in [1.82, 2.24) is 14.9 Å². The number of aromatic amines is 1. The van der Waals surface area contributed by atoms with Crippen LogP contribution in [0.25, 0.3) is 21.8 Å². The van der Waals surface area contributed by atoms with Gasteiger partial charge >= 0.3 is 5.97 Å². The highest BCUT2D eigenvalue weighted by Crippen LogP contribution is 2.33. The summed E-state index contributed by atoms with van der Waals surface area (Å²) in [5.41, 5.74) is 4.19. The number of H-pyrrole nitrogens is 1. The first-order valence-electron chi connectivity index (χ1n) is 10.9. The van der Waals surface area contributed by atoms with Gasteiger partial charge in [-0.2, -0.15) is 0 Å². The molecule has 7 nitrogen and oxygen atoms in total. The zero-order valence-corrected chi connectivity index (χ0v) is 18.9. The molecule has 1 aliphatic rings. The Bertz CT molecular complexity index is 1080. The molecule has 0 amide bonds. The van der Waals surface area contributed by atoms with Crippen molar-refractivity contribution in [2.24, 2.45) is 0 Å². The molecule has 1 aromatic carbocycles. The van der Waals surface area contributed by atoms with E-state index in [1.807, 2.05) is 13.8 Å². The first-order valence-corrected chi connectivity index (χ1v) is 10.9. The molecule has 0 saturated carbocycles. The zero-order chi connectivity index (χ0) is 22.1. The van der Waals surface area contributed by atoms with Crippen LogP contribution < -0.4 is 0 Å². The second-order valence-corrected chi connectivity index (χ2v) is 8.68. The molecule has 0 aliphatic carbocycles. The van der Waals surface area contributed by atoms with Crippen LogP contribution in [0.15, 0.2) is 24.4 Å². The highest BCUT2D eigenvalue weighted by Gasteiger charge is 2.25. The Balaban J connectivity index is 1.85. The summed E-state index contributed by atoms with van der Waals surface area (Å²) in [5.74, 6) is -0.424. The minimum absolute atomic E-state index is 0.205. The molecule has 2 unspecified atom stereocenters. The number of fused-ring (bicyclic) bond motifs is 3. The summed E-state index contributed by atoms with van der Waals surface area (Å²) in [7, 11) is 1.63. The summed E-state index contributed by atoms with van der Waals surface area (Å²) in [6.07, 6.45) is 1.91. The monoisotopic (exact) mass is 425 g/mol. The normalized spacial score (nSPS) is 20.1. The third-order valence-electron chi connectivity index (χ3n) is 5.56. The lowest BCUT2D eigenvalue weighted by atomic mass is 10.0. The quantitative estimate of drug-likeness (QED) is 0.601. The fourth-order valence-electron chi connectivity index (χ4n) is 4.59. The highest BCUT2D eigenvalue weighted by atomic mass is 16.5. The summed E-state index contributed by atoms with van der Waals surface area (Å²) >= 11 is 0. The van der Waals surface area contributed by atoms with Crippen molar-refractivity contribution in [3.8, 4) is 0 Å². The number of morpholine rings is 1. The molecule has 0 radical (unpaired) electrons. The van der Waals surface area contributed by atoms with Gasteiger partial charge in [-0.1, -0.05) is 12.1 Å². The van der Waals surface area contributed by atoms with Crippen LogP contribution in [-0.4, -0.2) is 59.3 Å². The van der Waals surface area contributed by atoms with E-state index in [2.05, 4.69) is 46.9 Å². The number of nitrogens with zero attached hydrogens (tertiary/aromatic N) is 2. The predicted octanol–water partition coefficient (Wildman–Crippen LogP) is 4.04. The molecular weight excluding hydrogens is 394 g/mol. The van der Waals surface area contributed by atoms with Crippen LogP contribution in [0.3, 0.4) is 0 Å². The van der Waals surface area contributed by atoms with Gasteiger partial charge in [0.2, 0.25) is 0 Å². The van der Waals surface area contributed by atoms with Crippen molar-refractivity contribution in [1.29, 1.82) is 0 Å². The molecule has 0 spiro atoms. The van der Waals surface area contributed by atoms with E-state index >= 15 is 0 Å². The maximum atomic E-state index is 12.8. The summed E-state index contributed by atoms with van der Waals surface area (Å²) in [6, 6.07) is 6.29. The van der Waals surface area contributed by atoms with Gasteiger partial charge in [0.05, 0.1) is 36.6 Å². The average Bonchev–Trinajstić information content (AvgIpc) is 3.07. The van der Waals surface area contributed by atoms with E-state index in [0.717, 1.165) is 47.0 Å². The molecular formula is C24H31N3O4. The molecule has 4 rings (SSSR count). The van der Waals surface area contributed by atoms with Crippen LogP contribution in [0.4, 0.5) is 0 Å². The number of ether oxygens (including phenoxy) is 3. The highest BCUT2D eigenvalue weighted by molar-refractivity contribution is 6.12. The second-order valence-electron chi connectivity index (χ2n) is 8.68. The van der Waals surface area contributed by atoms with E-state index in [9.17, 15) is 4.79 Å². The van der Waals surface area contributed by atoms with Gasteiger partial charge < -0.3 is 19.2 Å². The van der Waals surface area contributed by atoms with Crippen molar-refractivity contribution in [3.05, 3.63) is 41.2 Å². The number of benzene rings is 1. The molecule has 1 N–H and O–H groups in total. The number of carbonyl (C=O) groups excluding carboxylic acids is 1. The predicted molar refractivity (Wildman–Crippen MR) is 120 cm³/mol. The molecule has 1 saturated heterocycles. The SMILES string of the molecule is COCc1c(C(=O)OC(C)C)ncc2[nH]c3cccc(CN4CC(C)OC(C)C4)c3c12. The van der Waals surface area contributed by atoms with Crippen LogP contribution in [0.1, 0.15) is 49.3 Å². The van der Waals surface area contributed by atoms with Crippen molar-refractivity contribution < 1.29 is 19.0 Å². The molecule has 166 valence electrons. The third-order valence-corrected chi connectivity index (χ3v) is 5.56. The number of esters is 1. The summed E-state index contributed by atoms with van der Waals surface area (Å²) < 4.78 is 16.8. The minimum atomic E-state index is -0.424. The average molecular weight is 426 g/mol. The number of hydrogen-bond donors (Lipinski definition) is 1. The van der Waals surface area contributed by atoms with Gasteiger partial charge in [-0.15, -0.1) is 0 Å². The molecule has 2 atom stereocenters. The van der Waals surface area contributed by atoms with E-state index in [0.29, 0.717) is 5.69 Å². The fraction of sp³-hybridized carbons (Fsp3) is 0.500. The lowest BCUT2D eigenvalue weighted by Crippen LogP contribution is -2.44. The lowest BCUT2D eigenvalue weighted by molar-refractivity contribution is -0.0703. The van der Waals surface area contributed by atoms with Gasteiger partial charge in [-0.3, -0.25) is 4.90 Å². The van der Waals surface area contributed by atoms with Gasteiger partial charge in [0, 0.05) is 48.6 Å². The smallest absolute Gasteiger partial charge is 0.357 e. The maximum Gasteiger partial charge on any atom is 0.357 e. The number of rotatable bonds is 6. The topological polar surface area (TPSA) is 76.7 Å². The summed E-state index contributed by atoms with van der Waals surface area (Å²) in [6.45, 7) is 10.8. The van der Waals surface area contributed by atoms with Crippen molar-refractivity contribution in [2.45, 2.75) is 59.2 Å². The number of nitrogens with one attached hydrogen (secondary N) is 1. The Labute approximate surface area is 182 Å². The summed E-state index contributed by atoms with van der Waals surface area (Å²) in [4.78, 5) is 23.1. The first-order chi connectivity index (χ1) is 14.9. The van der Waals surface area contributed by atoms with Crippen LogP contribution in [0.2, 0.25) is 0 Å². The molecule has 1 fully saturated rings. The second kappa shape index (κ2) is 8.94. The van der Waals surface area contributed by atoms with Crippen LogP contribution in [0, 0.1) is 0 Å². The van der Waals surface area contributed by atoms with Gasteiger partial charge in [0.25, 0.3) is 0 Å². The Morgan fingerprint density at radius 1 is 1.23 bits per heavy atom. The number of methoxy groups -OCH3 is 1. The van der Waals surface area contributed by atoms with Crippen molar-refractivity contribution in [3.63, 3.8) is 0 Å². The van der Waals surface area contributed by atoms with Gasteiger partial charge in [-0.25, -0.2) is 9.78 Å². The maximum absolute atomic E-state index is 12.8. The molecule has 3 aromatic rings. The zero-order valence-electron chi connectivity index (χ0n) is 18.9. The van der Waals surface area contributed by atoms with Crippen LogP contribution in [-0.2, 0) is 27.4 Å². The van der Waals surface area contributed by atoms with E-state index in [1.54, 1.807) is 13.3 Å². The molecule has 2 aromatic heterocycles. The number of hydrogen-bond acceptors (Lipinski definition) is 6. The van der Waals surface area contributed by atoms with Gasteiger partial charge in [-0.05, 0) is 39.3 Å². The molecule has 7 heteroatoms. The Hall–Kier alpha value is -2.48. The fourth-order valence-corrected chi connectivity index (χ4v) is 4.59. The van der Waals surface area contributed by atoms with Crippen LogP contribution >= 0.6 is 0 Å². The Morgan fingerprint density at radius 3 is 2.65 bits per heavy atom. The minimum Gasteiger partial charge on any atom is -0.458 e.